The lowest BCUT2D eigenvalue weighted by Crippen LogP contribution is -2.22. The van der Waals surface area contributed by atoms with Gasteiger partial charge >= 0.3 is 0 Å². The Bertz CT molecular complexity index is 960. The Labute approximate surface area is 153 Å². The van der Waals surface area contributed by atoms with E-state index in [0.717, 1.165) is 36.5 Å². The lowest BCUT2D eigenvalue weighted by Gasteiger charge is -2.20. The van der Waals surface area contributed by atoms with Gasteiger partial charge in [0.2, 0.25) is 5.91 Å². The maximum atomic E-state index is 11.5. The molecule has 3 aromatic rings. The predicted molar refractivity (Wildman–Crippen MR) is 104 cm³/mol. The molecule has 1 atom stereocenters. The largest absolute Gasteiger partial charge is 0.327 e. The Kier molecular flexibility index (Phi) is 4.47. The van der Waals surface area contributed by atoms with Crippen LogP contribution >= 0.6 is 0 Å². The van der Waals surface area contributed by atoms with Crippen LogP contribution in [-0.2, 0) is 24.3 Å². The minimum Gasteiger partial charge on any atom is -0.327 e. The van der Waals surface area contributed by atoms with Crippen LogP contribution < -0.4 is 10.6 Å². The maximum Gasteiger partial charge on any atom is 0.224 e. The molecule has 26 heavy (non-hydrogen) atoms. The minimum absolute atomic E-state index is 0.106. The van der Waals surface area contributed by atoms with E-state index in [0.29, 0.717) is 6.42 Å². The molecule has 2 aromatic carbocycles. The van der Waals surface area contributed by atoms with E-state index in [9.17, 15) is 4.79 Å². The first kappa shape index (κ1) is 16.8. The molecule has 1 aromatic heterocycles. The number of carbonyl (C=O) groups is 1. The Hall–Kier alpha value is -2.66. The van der Waals surface area contributed by atoms with Gasteiger partial charge in [-0.15, -0.1) is 0 Å². The summed E-state index contributed by atoms with van der Waals surface area (Å²) in [7, 11) is 0. The van der Waals surface area contributed by atoms with Gasteiger partial charge in [0.1, 0.15) is 5.82 Å². The molecule has 1 aliphatic rings. The van der Waals surface area contributed by atoms with E-state index in [1.165, 1.54) is 16.6 Å². The molecule has 0 saturated carbocycles. The fourth-order valence-corrected chi connectivity index (χ4v) is 3.65. The fraction of sp³-hybridized carbons (Fsp3) is 0.333. The number of anilines is 1. The summed E-state index contributed by atoms with van der Waals surface area (Å²) in [4.78, 5) is 16.3. The van der Waals surface area contributed by atoms with Crippen LogP contribution in [0, 0.1) is 0 Å². The van der Waals surface area contributed by atoms with Gasteiger partial charge in [0, 0.05) is 24.7 Å². The Morgan fingerprint density at radius 1 is 1.23 bits per heavy atom. The second-order valence-corrected chi connectivity index (χ2v) is 6.83. The smallest absolute Gasteiger partial charge is 0.224 e. The molecule has 4 rings (SSSR count). The topological polar surface area (TPSA) is 59.0 Å². The maximum absolute atomic E-state index is 11.5. The minimum atomic E-state index is 0.106. The van der Waals surface area contributed by atoms with Crippen molar-refractivity contribution >= 4 is 22.6 Å². The zero-order chi connectivity index (χ0) is 18.1. The average Bonchev–Trinajstić information content (AvgIpc) is 3.03. The summed E-state index contributed by atoms with van der Waals surface area (Å²) in [5, 5.41) is 6.54. The van der Waals surface area contributed by atoms with Crippen molar-refractivity contribution in [1.29, 1.82) is 0 Å². The highest BCUT2D eigenvalue weighted by Gasteiger charge is 2.17. The number of nitrogens with one attached hydrogen (secondary N) is 2. The number of rotatable bonds is 5. The summed E-state index contributed by atoms with van der Waals surface area (Å²) in [6.07, 6.45) is 1.38. The van der Waals surface area contributed by atoms with Crippen molar-refractivity contribution in [3.05, 3.63) is 59.4 Å². The number of benzene rings is 2. The number of imidazole rings is 1. The van der Waals surface area contributed by atoms with Crippen molar-refractivity contribution in [3.8, 4) is 0 Å². The molecule has 0 bridgehead atoms. The van der Waals surface area contributed by atoms with E-state index in [1.54, 1.807) is 0 Å². The lowest BCUT2D eigenvalue weighted by atomic mass is 9.98. The summed E-state index contributed by atoms with van der Waals surface area (Å²) in [6.45, 7) is 5.95. The van der Waals surface area contributed by atoms with Crippen LogP contribution in [0.4, 0.5) is 5.69 Å². The number of aromatic nitrogens is 2. The molecule has 134 valence electrons. The van der Waals surface area contributed by atoms with E-state index in [-0.39, 0.29) is 11.9 Å². The van der Waals surface area contributed by atoms with Crippen molar-refractivity contribution in [2.75, 3.05) is 5.32 Å². The van der Waals surface area contributed by atoms with Crippen LogP contribution in [-0.4, -0.2) is 15.5 Å². The third kappa shape index (κ3) is 3.10. The molecule has 2 heterocycles. The van der Waals surface area contributed by atoms with Crippen LogP contribution in [0.5, 0.6) is 0 Å². The number of hydrogen-bond acceptors (Lipinski definition) is 3. The van der Waals surface area contributed by atoms with Crippen molar-refractivity contribution in [2.45, 2.75) is 45.8 Å². The Morgan fingerprint density at radius 3 is 2.92 bits per heavy atom. The van der Waals surface area contributed by atoms with E-state index in [4.69, 9.17) is 4.98 Å². The van der Waals surface area contributed by atoms with Crippen molar-refractivity contribution < 1.29 is 4.79 Å². The zero-order valence-electron chi connectivity index (χ0n) is 15.2. The molecule has 0 spiro atoms. The normalized spacial score (nSPS) is 14.9. The number of aryl methyl sites for hydroxylation is 2. The highest BCUT2D eigenvalue weighted by Crippen LogP contribution is 2.26. The second-order valence-electron chi connectivity index (χ2n) is 6.83. The molecular weight excluding hydrogens is 324 g/mol. The highest BCUT2D eigenvalue weighted by molar-refractivity contribution is 5.93. The quantitative estimate of drug-likeness (QED) is 0.737. The van der Waals surface area contributed by atoms with E-state index < -0.39 is 0 Å². The zero-order valence-corrected chi connectivity index (χ0v) is 15.2. The molecule has 2 N–H and O–H groups in total. The van der Waals surface area contributed by atoms with Crippen LogP contribution in [0.3, 0.4) is 0 Å². The molecule has 0 radical (unpaired) electrons. The predicted octanol–water partition coefficient (Wildman–Crippen LogP) is 3.79. The molecule has 1 aliphatic heterocycles. The number of hydrogen-bond donors (Lipinski definition) is 2. The van der Waals surface area contributed by atoms with Gasteiger partial charge in [-0.2, -0.15) is 0 Å². The molecule has 5 heteroatoms. The first-order valence-corrected chi connectivity index (χ1v) is 9.26. The summed E-state index contributed by atoms with van der Waals surface area (Å²) in [5.74, 6) is 1.17. The first-order chi connectivity index (χ1) is 12.7. The van der Waals surface area contributed by atoms with Gasteiger partial charge in [0.15, 0.2) is 0 Å². The van der Waals surface area contributed by atoms with Gasteiger partial charge < -0.3 is 15.2 Å². The number of nitrogens with zero attached hydrogens (tertiary/aromatic N) is 2. The third-order valence-corrected chi connectivity index (χ3v) is 5.14. The van der Waals surface area contributed by atoms with E-state index in [1.807, 2.05) is 12.1 Å². The first-order valence-electron chi connectivity index (χ1n) is 9.26. The molecule has 0 aliphatic carbocycles. The summed E-state index contributed by atoms with van der Waals surface area (Å²) in [5.41, 5.74) is 5.63. The van der Waals surface area contributed by atoms with E-state index >= 15 is 0 Å². The van der Waals surface area contributed by atoms with E-state index in [2.05, 4.69) is 59.4 Å². The molecule has 1 amide bonds. The van der Waals surface area contributed by atoms with Gasteiger partial charge in [0.05, 0.1) is 17.6 Å². The van der Waals surface area contributed by atoms with Crippen LogP contribution in [0.2, 0.25) is 0 Å². The fourth-order valence-electron chi connectivity index (χ4n) is 3.65. The van der Waals surface area contributed by atoms with Gasteiger partial charge in [-0.3, -0.25) is 4.79 Å². The Morgan fingerprint density at radius 2 is 2.08 bits per heavy atom. The summed E-state index contributed by atoms with van der Waals surface area (Å²) >= 11 is 0. The van der Waals surface area contributed by atoms with Crippen LogP contribution in [0.25, 0.3) is 11.0 Å². The number of amides is 1. The lowest BCUT2D eigenvalue weighted by molar-refractivity contribution is -0.116. The molecule has 0 fully saturated rings. The Balaban J connectivity index is 1.51. The average molecular weight is 348 g/mol. The number of carbonyl (C=O) groups excluding carboxylic acids is 1. The van der Waals surface area contributed by atoms with Crippen molar-refractivity contribution in [1.82, 2.24) is 14.9 Å². The van der Waals surface area contributed by atoms with Crippen LogP contribution in [0.15, 0.2) is 42.5 Å². The summed E-state index contributed by atoms with van der Waals surface area (Å²) in [6, 6.07) is 14.8. The molecule has 5 nitrogen and oxygen atoms in total. The van der Waals surface area contributed by atoms with Crippen molar-refractivity contribution in [3.63, 3.8) is 0 Å². The van der Waals surface area contributed by atoms with Gasteiger partial charge in [-0.05, 0) is 49.6 Å². The third-order valence-electron chi connectivity index (χ3n) is 5.14. The van der Waals surface area contributed by atoms with Crippen LogP contribution in [0.1, 0.15) is 43.3 Å². The molecule has 0 unspecified atom stereocenters. The highest BCUT2D eigenvalue weighted by atomic mass is 16.1. The SMILES string of the molecule is CCn1c(CN[C@H](C)c2ccc3c(c2)CCC(=O)N3)nc2ccccc21. The monoisotopic (exact) mass is 348 g/mol. The standard InChI is InChI=1S/C21H24N4O/c1-3-25-19-7-5-4-6-18(19)23-20(25)13-22-14(2)15-8-10-17-16(12-15)9-11-21(26)24-17/h4-8,10,12,14,22H,3,9,11,13H2,1-2H3,(H,24,26)/t14-/m1/s1. The summed E-state index contributed by atoms with van der Waals surface area (Å²) < 4.78 is 2.26. The second kappa shape index (κ2) is 6.92. The van der Waals surface area contributed by atoms with Gasteiger partial charge in [-0.1, -0.05) is 24.3 Å². The van der Waals surface area contributed by atoms with Crippen molar-refractivity contribution in [2.24, 2.45) is 0 Å². The number of fused-ring (bicyclic) bond motifs is 2. The number of para-hydroxylation sites is 2. The molecule has 0 saturated heterocycles. The van der Waals surface area contributed by atoms with Gasteiger partial charge in [0.25, 0.3) is 0 Å². The van der Waals surface area contributed by atoms with Gasteiger partial charge in [-0.25, -0.2) is 4.98 Å². The molecular formula is C21H24N4O.